The van der Waals surface area contributed by atoms with Crippen molar-refractivity contribution < 1.29 is 0 Å². The summed E-state index contributed by atoms with van der Waals surface area (Å²) in [4.78, 5) is 0. The smallest absolute Gasteiger partial charge is 0.0354 e. The molecular formula is C18H38. The van der Waals surface area contributed by atoms with E-state index in [1.807, 2.05) is 0 Å². The average molecular weight is 255 g/mol. The van der Waals surface area contributed by atoms with E-state index in [1.54, 1.807) is 0 Å². The van der Waals surface area contributed by atoms with Gasteiger partial charge in [-0.2, -0.15) is 0 Å². The van der Waals surface area contributed by atoms with Gasteiger partial charge < -0.3 is 0 Å². The zero-order chi connectivity index (χ0) is 14.0. The summed E-state index contributed by atoms with van der Waals surface area (Å²) in [6.45, 7) is 14.3. The summed E-state index contributed by atoms with van der Waals surface area (Å²) >= 11 is 0. The summed E-state index contributed by atoms with van der Waals surface area (Å²) in [5.41, 5.74) is 0.493. The fourth-order valence-electron chi connectivity index (χ4n) is 3.02. The van der Waals surface area contributed by atoms with Gasteiger partial charge >= 0.3 is 0 Å². The van der Waals surface area contributed by atoms with E-state index in [-0.39, 0.29) is 0 Å². The lowest BCUT2D eigenvalue weighted by atomic mass is 9.72. The van der Waals surface area contributed by atoms with Crippen molar-refractivity contribution >= 4 is 0 Å². The lowest BCUT2D eigenvalue weighted by Gasteiger charge is -2.34. The first-order chi connectivity index (χ1) is 8.45. The Morgan fingerprint density at radius 3 is 1.89 bits per heavy atom. The Morgan fingerprint density at radius 2 is 1.44 bits per heavy atom. The van der Waals surface area contributed by atoms with Crippen LogP contribution in [0.25, 0.3) is 0 Å². The predicted molar refractivity (Wildman–Crippen MR) is 85.0 cm³/mol. The minimum Gasteiger partial charge on any atom is -0.0654 e. The summed E-state index contributed by atoms with van der Waals surface area (Å²) in [5, 5.41) is 0. The van der Waals surface area contributed by atoms with Gasteiger partial charge in [-0.1, -0.05) is 86.5 Å². The highest BCUT2D eigenvalue weighted by Gasteiger charge is 2.26. The van der Waals surface area contributed by atoms with Gasteiger partial charge in [-0.25, -0.2) is 0 Å². The molecule has 0 N–H and O–H groups in total. The molecule has 0 bridgehead atoms. The standard InChI is InChI=1S/C18H38/c1-7-10-11-12-14-17(18(4,5)6)15-16(9-3)13-8-2/h16-17H,7-15H2,1-6H3. The lowest BCUT2D eigenvalue weighted by Crippen LogP contribution is -2.23. The minimum absolute atomic E-state index is 0.493. The normalized spacial score (nSPS) is 15.7. The van der Waals surface area contributed by atoms with Gasteiger partial charge in [-0.15, -0.1) is 0 Å². The minimum atomic E-state index is 0.493. The summed E-state index contributed by atoms with van der Waals surface area (Å²) in [7, 11) is 0. The third-order valence-corrected chi connectivity index (χ3v) is 4.52. The first-order valence-electron chi connectivity index (χ1n) is 8.45. The van der Waals surface area contributed by atoms with Crippen LogP contribution in [-0.4, -0.2) is 0 Å². The molecule has 18 heavy (non-hydrogen) atoms. The summed E-state index contributed by atoms with van der Waals surface area (Å²) < 4.78 is 0. The van der Waals surface area contributed by atoms with Gasteiger partial charge in [0.25, 0.3) is 0 Å². The van der Waals surface area contributed by atoms with Gasteiger partial charge in [0.2, 0.25) is 0 Å². The van der Waals surface area contributed by atoms with E-state index in [1.165, 1.54) is 57.8 Å². The SMILES string of the molecule is CCCCCCC(CC(CC)CCC)C(C)(C)C. The molecule has 0 saturated carbocycles. The van der Waals surface area contributed by atoms with Crippen LogP contribution in [0.5, 0.6) is 0 Å². The molecule has 110 valence electrons. The van der Waals surface area contributed by atoms with Crippen LogP contribution >= 0.6 is 0 Å². The van der Waals surface area contributed by atoms with Crippen molar-refractivity contribution in [3.63, 3.8) is 0 Å². The van der Waals surface area contributed by atoms with Gasteiger partial charge in [-0.05, 0) is 30.1 Å². The Morgan fingerprint density at radius 1 is 0.778 bits per heavy atom. The van der Waals surface area contributed by atoms with E-state index in [9.17, 15) is 0 Å². The van der Waals surface area contributed by atoms with E-state index >= 15 is 0 Å². The first kappa shape index (κ1) is 18.0. The number of rotatable bonds is 10. The van der Waals surface area contributed by atoms with Crippen molar-refractivity contribution in [2.24, 2.45) is 17.3 Å². The molecule has 0 aliphatic rings. The maximum atomic E-state index is 2.44. The van der Waals surface area contributed by atoms with Crippen molar-refractivity contribution in [3.05, 3.63) is 0 Å². The predicted octanol–water partition coefficient (Wildman–Crippen LogP) is 6.84. The molecule has 0 heterocycles. The number of hydrogen-bond acceptors (Lipinski definition) is 0. The molecule has 2 unspecified atom stereocenters. The van der Waals surface area contributed by atoms with Crippen molar-refractivity contribution in [3.8, 4) is 0 Å². The van der Waals surface area contributed by atoms with E-state index < -0.39 is 0 Å². The summed E-state index contributed by atoms with van der Waals surface area (Å²) in [6.07, 6.45) is 12.7. The zero-order valence-electron chi connectivity index (χ0n) is 14.0. The molecule has 0 fully saturated rings. The Labute approximate surface area is 117 Å². The van der Waals surface area contributed by atoms with Crippen LogP contribution in [0.1, 0.15) is 99.3 Å². The summed E-state index contributed by atoms with van der Waals surface area (Å²) in [5.74, 6) is 1.89. The molecule has 0 aromatic rings. The van der Waals surface area contributed by atoms with Crippen LogP contribution in [0, 0.1) is 17.3 Å². The molecule has 0 spiro atoms. The molecular weight excluding hydrogens is 216 g/mol. The number of hydrogen-bond donors (Lipinski definition) is 0. The van der Waals surface area contributed by atoms with Gasteiger partial charge in [-0.3, -0.25) is 0 Å². The highest BCUT2D eigenvalue weighted by atomic mass is 14.3. The van der Waals surface area contributed by atoms with Gasteiger partial charge in [0, 0.05) is 0 Å². The second-order valence-corrected chi connectivity index (χ2v) is 7.21. The molecule has 0 aromatic heterocycles. The van der Waals surface area contributed by atoms with E-state index in [2.05, 4.69) is 41.5 Å². The Hall–Kier alpha value is 0. The molecule has 0 rings (SSSR count). The summed E-state index contributed by atoms with van der Waals surface area (Å²) in [6, 6.07) is 0. The highest BCUT2D eigenvalue weighted by molar-refractivity contribution is 4.77. The largest absolute Gasteiger partial charge is 0.0654 e. The van der Waals surface area contributed by atoms with Crippen LogP contribution in [-0.2, 0) is 0 Å². The molecule has 0 heteroatoms. The van der Waals surface area contributed by atoms with E-state index in [0.717, 1.165) is 11.8 Å². The fraction of sp³-hybridized carbons (Fsp3) is 1.00. The molecule has 0 radical (unpaired) electrons. The first-order valence-corrected chi connectivity index (χ1v) is 8.45. The molecule has 0 nitrogen and oxygen atoms in total. The van der Waals surface area contributed by atoms with Crippen LogP contribution in [0.2, 0.25) is 0 Å². The van der Waals surface area contributed by atoms with Crippen molar-refractivity contribution in [1.82, 2.24) is 0 Å². The third kappa shape index (κ3) is 8.16. The van der Waals surface area contributed by atoms with Crippen molar-refractivity contribution in [2.75, 3.05) is 0 Å². The molecule has 0 saturated heterocycles. The molecule has 2 atom stereocenters. The monoisotopic (exact) mass is 254 g/mol. The maximum absolute atomic E-state index is 2.44. The Bertz CT molecular complexity index is 175. The maximum Gasteiger partial charge on any atom is -0.0354 e. The Balaban J connectivity index is 4.22. The second-order valence-electron chi connectivity index (χ2n) is 7.21. The molecule has 0 aromatic carbocycles. The van der Waals surface area contributed by atoms with Crippen LogP contribution in [0.4, 0.5) is 0 Å². The van der Waals surface area contributed by atoms with Gasteiger partial charge in [0.15, 0.2) is 0 Å². The molecule has 0 aliphatic carbocycles. The van der Waals surface area contributed by atoms with Crippen LogP contribution in [0.15, 0.2) is 0 Å². The third-order valence-electron chi connectivity index (χ3n) is 4.52. The van der Waals surface area contributed by atoms with Crippen molar-refractivity contribution in [2.45, 2.75) is 99.3 Å². The van der Waals surface area contributed by atoms with Gasteiger partial charge in [0.1, 0.15) is 0 Å². The Kier molecular flexibility index (Phi) is 9.87. The van der Waals surface area contributed by atoms with Crippen LogP contribution in [0.3, 0.4) is 0 Å². The van der Waals surface area contributed by atoms with E-state index in [4.69, 9.17) is 0 Å². The molecule has 0 amide bonds. The van der Waals surface area contributed by atoms with E-state index in [0.29, 0.717) is 5.41 Å². The second kappa shape index (κ2) is 9.87. The zero-order valence-corrected chi connectivity index (χ0v) is 14.0. The number of unbranched alkanes of at least 4 members (excludes halogenated alkanes) is 3. The average Bonchev–Trinajstić information content (AvgIpc) is 2.30. The van der Waals surface area contributed by atoms with Crippen LogP contribution < -0.4 is 0 Å². The fourth-order valence-corrected chi connectivity index (χ4v) is 3.02. The highest BCUT2D eigenvalue weighted by Crippen LogP contribution is 2.37. The topological polar surface area (TPSA) is 0 Å². The van der Waals surface area contributed by atoms with Gasteiger partial charge in [0.05, 0.1) is 0 Å². The van der Waals surface area contributed by atoms with Crippen molar-refractivity contribution in [1.29, 1.82) is 0 Å². The lowest BCUT2D eigenvalue weighted by molar-refractivity contribution is 0.172. The quantitative estimate of drug-likeness (QED) is 0.374. The molecule has 0 aliphatic heterocycles.